The number of hydrogen-bond donors (Lipinski definition) is 2. The molecule has 19 heavy (non-hydrogen) atoms. The maximum atomic E-state index is 11.9. The highest BCUT2D eigenvalue weighted by Gasteiger charge is 2.28. The van der Waals surface area contributed by atoms with E-state index in [-0.39, 0.29) is 24.2 Å². The molecular weight excluding hydrogens is 248 g/mol. The van der Waals surface area contributed by atoms with Crippen LogP contribution in [-0.2, 0) is 9.53 Å². The molecule has 0 saturated carbocycles. The quantitative estimate of drug-likeness (QED) is 0.803. The molecule has 0 aromatic heterocycles. The second kappa shape index (κ2) is 6.23. The monoisotopic (exact) mass is 270 g/mol. The number of amides is 2. The zero-order valence-electron chi connectivity index (χ0n) is 11.3. The molecule has 0 aliphatic carbocycles. The molecule has 2 aliphatic rings. The van der Waals surface area contributed by atoms with E-state index in [9.17, 15) is 9.59 Å². The second-order valence-corrected chi connectivity index (χ2v) is 5.43. The average molecular weight is 270 g/mol. The van der Waals surface area contributed by atoms with E-state index in [2.05, 4.69) is 5.32 Å². The van der Waals surface area contributed by atoms with Gasteiger partial charge in [0.1, 0.15) is 0 Å². The first-order valence-corrected chi connectivity index (χ1v) is 6.97. The van der Waals surface area contributed by atoms with Gasteiger partial charge < -0.3 is 20.1 Å². The number of ether oxygens (including phenoxy) is 1. The first-order chi connectivity index (χ1) is 9.06. The van der Waals surface area contributed by atoms with E-state index in [1.54, 1.807) is 4.90 Å². The van der Waals surface area contributed by atoms with Gasteiger partial charge in [-0.1, -0.05) is 0 Å². The van der Waals surface area contributed by atoms with Crippen molar-refractivity contribution in [1.82, 2.24) is 10.2 Å². The van der Waals surface area contributed by atoms with Crippen LogP contribution >= 0.6 is 0 Å². The number of aliphatic carboxylic acids is 1. The summed E-state index contributed by atoms with van der Waals surface area (Å²) >= 11 is 0. The molecule has 0 spiro atoms. The number of piperidine rings is 1. The van der Waals surface area contributed by atoms with Gasteiger partial charge >= 0.3 is 12.0 Å². The number of carboxylic acids is 1. The number of carboxylic acid groups (broad SMARTS) is 1. The van der Waals surface area contributed by atoms with Crippen molar-refractivity contribution in [2.45, 2.75) is 44.8 Å². The first kappa shape index (κ1) is 14.1. The summed E-state index contributed by atoms with van der Waals surface area (Å²) in [5, 5.41) is 11.8. The van der Waals surface area contributed by atoms with Gasteiger partial charge in [-0.15, -0.1) is 0 Å². The Kier molecular flexibility index (Phi) is 4.63. The fraction of sp³-hybridized carbons (Fsp3) is 0.846. The molecule has 2 unspecified atom stereocenters. The number of likely N-dealkylation sites (tertiary alicyclic amines) is 1. The summed E-state index contributed by atoms with van der Waals surface area (Å²) in [6, 6.07) is -0.105. The molecule has 2 heterocycles. The van der Waals surface area contributed by atoms with E-state index in [0.29, 0.717) is 32.5 Å². The summed E-state index contributed by atoms with van der Waals surface area (Å²) in [4.78, 5) is 24.4. The Labute approximate surface area is 113 Å². The molecule has 2 atom stereocenters. The number of carbonyl (C=O) groups is 2. The minimum absolute atomic E-state index is 0.105. The number of nitrogens with zero attached hydrogens (tertiary/aromatic N) is 1. The summed E-state index contributed by atoms with van der Waals surface area (Å²) in [6.45, 7) is 3.62. The maximum Gasteiger partial charge on any atom is 0.317 e. The molecule has 2 amide bonds. The van der Waals surface area contributed by atoms with E-state index < -0.39 is 5.97 Å². The van der Waals surface area contributed by atoms with Crippen LogP contribution in [0.1, 0.15) is 32.6 Å². The van der Waals surface area contributed by atoms with Crippen LogP contribution in [0.15, 0.2) is 0 Å². The van der Waals surface area contributed by atoms with Crippen LogP contribution < -0.4 is 5.32 Å². The predicted octanol–water partition coefficient (Wildman–Crippen LogP) is 1.06. The average Bonchev–Trinajstić information content (AvgIpc) is 2.82. The normalized spacial score (nSPS) is 28.4. The van der Waals surface area contributed by atoms with Gasteiger partial charge in [0, 0.05) is 19.6 Å². The Hall–Kier alpha value is -1.30. The molecule has 6 nitrogen and oxygen atoms in total. The SMILES string of the molecule is CC1CCC(CNC(=O)N2CCC(C(=O)O)CC2)O1. The molecule has 108 valence electrons. The van der Waals surface area contributed by atoms with Crippen LogP contribution in [0, 0.1) is 5.92 Å². The Balaban J connectivity index is 1.68. The van der Waals surface area contributed by atoms with Crippen molar-refractivity contribution in [2.75, 3.05) is 19.6 Å². The van der Waals surface area contributed by atoms with Crippen molar-refractivity contribution in [3.8, 4) is 0 Å². The van der Waals surface area contributed by atoms with Crippen LogP contribution in [0.4, 0.5) is 4.79 Å². The minimum Gasteiger partial charge on any atom is -0.481 e. The highest BCUT2D eigenvalue weighted by Crippen LogP contribution is 2.19. The van der Waals surface area contributed by atoms with Crippen LogP contribution in [0.3, 0.4) is 0 Å². The lowest BCUT2D eigenvalue weighted by Gasteiger charge is -2.30. The number of hydrogen-bond acceptors (Lipinski definition) is 3. The summed E-state index contributed by atoms with van der Waals surface area (Å²) in [6.07, 6.45) is 3.52. The summed E-state index contributed by atoms with van der Waals surface area (Å²) < 4.78 is 5.64. The molecule has 0 aromatic carbocycles. The second-order valence-electron chi connectivity index (χ2n) is 5.43. The van der Waals surface area contributed by atoms with Crippen LogP contribution in [-0.4, -0.2) is 53.8 Å². The van der Waals surface area contributed by atoms with Gasteiger partial charge in [-0.3, -0.25) is 4.79 Å². The summed E-state index contributed by atoms with van der Waals surface area (Å²) in [5.74, 6) is -1.06. The van der Waals surface area contributed by atoms with E-state index in [1.165, 1.54) is 0 Å². The van der Waals surface area contributed by atoms with Crippen molar-refractivity contribution >= 4 is 12.0 Å². The van der Waals surface area contributed by atoms with Crippen LogP contribution in [0.2, 0.25) is 0 Å². The third kappa shape index (κ3) is 3.83. The van der Waals surface area contributed by atoms with Crippen molar-refractivity contribution in [3.05, 3.63) is 0 Å². The minimum atomic E-state index is -0.756. The number of carbonyl (C=O) groups excluding carboxylic acids is 1. The van der Waals surface area contributed by atoms with E-state index in [1.807, 2.05) is 6.92 Å². The molecule has 2 aliphatic heterocycles. The maximum absolute atomic E-state index is 11.9. The molecule has 2 fully saturated rings. The Bertz CT molecular complexity index is 340. The molecular formula is C13H22N2O4. The topological polar surface area (TPSA) is 78.9 Å². The molecule has 2 rings (SSSR count). The van der Waals surface area contributed by atoms with Crippen molar-refractivity contribution in [2.24, 2.45) is 5.92 Å². The van der Waals surface area contributed by atoms with Gasteiger partial charge in [0.15, 0.2) is 0 Å². The Morgan fingerprint density at radius 3 is 2.47 bits per heavy atom. The molecule has 0 bridgehead atoms. The van der Waals surface area contributed by atoms with Gasteiger partial charge in [-0.05, 0) is 32.6 Å². The fourth-order valence-corrected chi connectivity index (χ4v) is 2.68. The van der Waals surface area contributed by atoms with Crippen LogP contribution in [0.25, 0.3) is 0 Å². The lowest BCUT2D eigenvalue weighted by molar-refractivity contribution is -0.143. The van der Waals surface area contributed by atoms with Crippen molar-refractivity contribution < 1.29 is 19.4 Å². The molecule has 0 radical (unpaired) electrons. The van der Waals surface area contributed by atoms with E-state index in [0.717, 1.165) is 12.8 Å². The molecule has 6 heteroatoms. The smallest absolute Gasteiger partial charge is 0.317 e. The zero-order valence-corrected chi connectivity index (χ0v) is 11.3. The van der Waals surface area contributed by atoms with Gasteiger partial charge in [0.2, 0.25) is 0 Å². The highest BCUT2D eigenvalue weighted by molar-refractivity contribution is 5.75. The lowest BCUT2D eigenvalue weighted by Crippen LogP contribution is -2.47. The van der Waals surface area contributed by atoms with Gasteiger partial charge in [0.25, 0.3) is 0 Å². The largest absolute Gasteiger partial charge is 0.481 e. The van der Waals surface area contributed by atoms with Gasteiger partial charge in [-0.2, -0.15) is 0 Å². The van der Waals surface area contributed by atoms with Crippen molar-refractivity contribution in [3.63, 3.8) is 0 Å². The van der Waals surface area contributed by atoms with E-state index >= 15 is 0 Å². The first-order valence-electron chi connectivity index (χ1n) is 6.97. The van der Waals surface area contributed by atoms with Crippen LogP contribution in [0.5, 0.6) is 0 Å². The lowest BCUT2D eigenvalue weighted by atomic mass is 9.97. The zero-order chi connectivity index (χ0) is 13.8. The number of urea groups is 1. The fourth-order valence-electron chi connectivity index (χ4n) is 2.68. The molecule has 2 saturated heterocycles. The third-order valence-electron chi connectivity index (χ3n) is 3.93. The predicted molar refractivity (Wildman–Crippen MR) is 68.9 cm³/mol. The number of rotatable bonds is 3. The summed E-state index contributed by atoms with van der Waals surface area (Å²) in [7, 11) is 0. The van der Waals surface area contributed by atoms with Gasteiger partial charge in [0.05, 0.1) is 18.1 Å². The Morgan fingerprint density at radius 1 is 1.26 bits per heavy atom. The Morgan fingerprint density at radius 2 is 1.95 bits per heavy atom. The standard InChI is InChI=1S/C13H22N2O4/c1-9-2-3-11(19-9)8-14-13(18)15-6-4-10(5-7-15)12(16)17/h9-11H,2-8H2,1H3,(H,14,18)(H,16,17). The summed E-state index contributed by atoms with van der Waals surface area (Å²) in [5.41, 5.74) is 0. The van der Waals surface area contributed by atoms with E-state index in [4.69, 9.17) is 9.84 Å². The molecule has 0 aromatic rings. The highest BCUT2D eigenvalue weighted by atomic mass is 16.5. The molecule has 2 N–H and O–H groups in total. The van der Waals surface area contributed by atoms with Gasteiger partial charge in [-0.25, -0.2) is 4.79 Å². The third-order valence-corrected chi connectivity index (χ3v) is 3.93. The number of nitrogens with one attached hydrogen (secondary N) is 1. The van der Waals surface area contributed by atoms with Crippen molar-refractivity contribution in [1.29, 1.82) is 0 Å².